The number of nitrogens with zero attached hydrogens (tertiary/aromatic N) is 2. The van der Waals surface area contributed by atoms with Gasteiger partial charge in [-0.15, -0.1) is 0 Å². The van der Waals surface area contributed by atoms with E-state index in [1.165, 1.54) is 25.0 Å². The van der Waals surface area contributed by atoms with E-state index in [0.717, 1.165) is 24.5 Å². The van der Waals surface area contributed by atoms with Gasteiger partial charge in [-0.2, -0.15) is 0 Å². The van der Waals surface area contributed by atoms with Crippen LogP contribution in [0.5, 0.6) is 0 Å². The number of aryl methyl sites for hydroxylation is 1. The van der Waals surface area contributed by atoms with E-state index in [1.807, 2.05) is 0 Å². The van der Waals surface area contributed by atoms with Crippen molar-refractivity contribution in [3.05, 3.63) is 23.3 Å². The average molecular weight is 263 g/mol. The smallest absolute Gasteiger partial charge is 0.131 e. The first kappa shape index (κ1) is 16.1. The Morgan fingerprint density at radius 2 is 1.89 bits per heavy atom. The molecule has 0 saturated heterocycles. The van der Waals surface area contributed by atoms with Gasteiger partial charge in [0, 0.05) is 29.8 Å². The van der Waals surface area contributed by atoms with Crippen LogP contribution in [0.15, 0.2) is 6.07 Å². The minimum absolute atomic E-state index is 0.395. The van der Waals surface area contributed by atoms with Gasteiger partial charge in [0.1, 0.15) is 5.82 Å². The molecule has 1 unspecified atom stereocenters. The molecule has 1 rings (SSSR count). The topological polar surface area (TPSA) is 37.8 Å². The molecule has 0 fully saturated rings. The van der Waals surface area contributed by atoms with E-state index in [4.69, 9.17) is 4.98 Å². The lowest BCUT2D eigenvalue weighted by atomic mass is 10.0. The number of nitrogens with one attached hydrogen (secondary N) is 1. The lowest BCUT2D eigenvalue weighted by Gasteiger charge is -2.18. The van der Waals surface area contributed by atoms with Crippen molar-refractivity contribution in [3.63, 3.8) is 0 Å². The molecule has 108 valence electrons. The highest BCUT2D eigenvalue weighted by Gasteiger charge is 2.11. The Balaban J connectivity index is 2.77. The van der Waals surface area contributed by atoms with Crippen LogP contribution in [0.25, 0.3) is 0 Å². The van der Waals surface area contributed by atoms with Crippen LogP contribution >= 0.6 is 0 Å². The molecule has 1 aromatic heterocycles. The Labute approximate surface area is 118 Å². The molecule has 1 atom stereocenters. The second-order valence-electron chi connectivity index (χ2n) is 5.66. The monoisotopic (exact) mass is 263 g/mol. The van der Waals surface area contributed by atoms with Crippen molar-refractivity contribution in [1.82, 2.24) is 15.3 Å². The van der Waals surface area contributed by atoms with E-state index in [-0.39, 0.29) is 0 Å². The maximum atomic E-state index is 4.71. The summed E-state index contributed by atoms with van der Waals surface area (Å²) >= 11 is 0. The molecule has 0 radical (unpaired) electrons. The highest BCUT2D eigenvalue weighted by molar-refractivity contribution is 5.13. The Morgan fingerprint density at radius 3 is 2.47 bits per heavy atom. The summed E-state index contributed by atoms with van der Waals surface area (Å²) in [7, 11) is 0. The molecular formula is C16H29N3. The summed E-state index contributed by atoms with van der Waals surface area (Å²) in [6.07, 6.45) is 4.61. The zero-order valence-electron chi connectivity index (χ0n) is 13.2. The van der Waals surface area contributed by atoms with Gasteiger partial charge in [0.25, 0.3) is 0 Å². The van der Waals surface area contributed by atoms with E-state index >= 15 is 0 Å². The fraction of sp³-hybridized carbons (Fsp3) is 0.750. The van der Waals surface area contributed by atoms with E-state index in [2.05, 4.69) is 51.0 Å². The largest absolute Gasteiger partial charge is 0.314 e. The molecule has 0 spiro atoms. The third-order valence-corrected chi connectivity index (χ3v) is 3.22. The van der Waals surface area contributed by atoms with Crippen LogP contribution in [0, 0.1) is 6.92 Å². The second-order valence-corrected chi connectivity index (χ2v) is 5.66. The zero-order valence-corrected chi connectivity index (χ0v) is 13.2. The van der Waals surface area contributed by atoms with E-state index in [9.17, 15) is 0 Å². The van der Waals surface area contributed by atoms with Gasteiger partial charge in [0.15, 0.2) is 0 Å². The minimum Gasteiger partial charge on any atom is -0.314 e. The van der Waals surface area contributed by atoms with Crippen LogP contribution in [0.3, 0.4) is 0 Å². The summed E-state index contributed by atoms with van der Waals surface area (Å²) in [6, 6.07) is 2.67. The maximum Gasteiger partial charge on any atom is 0.131 e. The van der Waals surface area contributed by atoms with Crippen molar-refractivity contribution in [1.29, 1.82) is 0 Å². The molecule has 0 aromatic carbocycles. The molecular weight excluding hydrogens is 234 g/mol. The summed E-state index contributed by atoms with van der Waals surface area (Å²) in [5.74, 6) is 1.37. The van der Waals surface area contributed by atoms with Crippen LogP contribution in [0.4, 0.5) is 0 Å². The number of aromatic nitrogens is 2. The Hall–Kier alpha value is -0.960. The van der Waals surface area contributed by atoms with Crippen LogP contribution in [0.1, 0.15) is 70.1 Å². The molecule has 1 N–H and O–H groups in total. The molecule has 3 heteroatoms. The highest BCUT2D eigenvalue weighted by atomic mass is 14.9. The van der Waals surface area contributed by atoms with Crippen molar-refractivity contribution >= 4 is 0 Å². The van der Waals surface area contributed by atoms with Gasteiger partial charge >= 0.3 is 0 Å². The quantitative estimate of drug-likeness (QED) is 0.778. The molecule has 0 saturated carbocycles. The lowest BCUT2D eigenvalue weighted by molar-refractivity contribution is 0.468. The number of hydrogen-bond acceptors (Lipinski definition) is 3. The number of rotatable bonds is 8. The maximum absolute atomic E-state index is 4.71. The van der Waals surface area contributed by atoms with Gasteiger partial charge in [-0.3, -0.25) is 0 Å². The molecule has 19 heavy (non-hydrogen) atoms. The molecule has 1 heterocycles. The third kappa shape index (κ3) is 5.68. The molecule has 0 aliphatic carbocycles. The van der Waals surface area contributed by atoms with E-state index < -0.39 is 0 Å². The molecule has 0 aliphatic rings. The summed E-state index contributed by atoms with van der Waals surface area (Å²) in [4.78, 5) is 9.23. The zero-order chi connectivity index (χ0) is 14.3. The average Bonchev–Trinajstić information content (AvgIpc) is 2.35. The fourth-order valence-electron chi connectivity index (χ4n) is 2.25. The predicted octanol–water partition coefficient (Wildman–Crippen LogP) is 3.62. The van der Waals surface area contributed by atoms with Crippen LogP contribution < -0.4 is 5.32 Å². The van der Waals surface area contributed by atoms with Crippen molar-refractivity contribution in [2.24, 2.45) is 0 Å². The minimum atomic E-state index is 0.395. The Kier molecular flexibility index (Phi) is 7.00. The summed E-state index contributed by atoms with van der Waals surface area (Å²) < 4.78 is 0. The molecule has 3 nitrogen and oxygen atoms in total. The van der Waals surface area contributed by atoms with Crippen LogP contribution in [-0.2, 0) is 6.42 Å². The van der Waals surface area contributed by atoms with Gasteiger partial charge in [-0.1, -0.05) is 34.1 Å². The summed E-state index contributed by atoms with van der Waals surface area (Å²) in [5, 5.41) is 3.63. The first-order valence-electron chi connectivity index (χ1n) is 7.64. The first-order chi connectivity index (χ1) is 9.06. The van der Waals surface area contributed by atoms with Crippen LogP contribution in [-0.4, -0.2) is 22.6 Å². The molecule has 0 bridgehead atoms. The van der Waals surface area contributed by atoms with Crippen molar-refractivity contribution in [2.75, 3.05) is 6.54 Å². The second kappa shape index (κ2) is 8.26. The van der Waals surface area contributed by atoms with E-state index in [0.29, 0.717) is 12.0 Å². The Morgan fingerprint density at radius 1 is 1.16 bits per heavy atom. The normalized spacial score (nSPS) is 12.9. The lowest BCUT2D eigenvalue weighted by Crippen LogP contribution is -2.32. The number of hydrogen-bond donors (Lipinski definition) is 1. The molecule has 0 amide bonds. The Bertz CT molecular complexity index is 374. The molecule has 0 aliphatic heterocycles. The first-order valence-corrected chi connectivity index (χ1v) is 7.64. The van der Waals surface area contributed by atoms with Gasteiger partial charge in [0.2, 0.25) is 0 Å². The SMILES string of the molecule is CCCNC(CCC)Cc1cc(C)nc(C(C)C)n1. The third-order valence-electron chi connectivity index (χ3n) is 3.22. The van der Waals surface area contributed by atoms with Crippen molar-refractivity contribution < 1.29 is 0 Å². The van der Waals surface area contributed by atoms with E-state index in [1.54, 1.807) is 0 Å². The van der Waals surface area contributed by atoms with Crippen molar-refractivity contribution in [2.45, 2.75) is 72.3 Å². The highest BCUT2D eigenvalue weighted by Crippen LogP contribution is 2.13. The fourth-order valence-corrected chi connectivity index (χ4v) is 2.25. The standard InChI is InChI=1S/C16H29N3/c1-6-8-14(17-9-7-2)11-15-10-13(5)18-16(19-15)12(3)4/h10,12,14,17H,6-9,11H2,1-5H3. The van der Waals surface area contributed by atoms with Crippen LogP contribution in [0.2, 0.25) is 0 Å². The van der Waals surface area contributed by atoms with Gasteiger partial charge < -0.3 is 5.32 Å². The van der Waals surface area contributed by atoms with Gasteiger partial charge in [-0.05, 0) is 32.4 Å². The van der Waals surface area contributed by atoms with Crippen molar-refractivity contribution in [3.8, 4) is 0 Å². The predicted molar refractivity (Wildman–Crippen MR) is 81.6 cm³/mol. The summed E-state index contributed by atoms with van der Waals surface area (Å²) in [6.45, 7) is 11.9. The van der Waals surface area contributed by atoms with Gasteiger partial charge in [-0.25, -0.2) is 9.97 Å². The summed E-state index contributed by atoms with van der Waals surface area (Å²) in [5.41, 5.74) is 2.26. The van der Waals surface area contributed by atoms with Gasteiger partial charge in [0.05, 0.1) is 0 Å². The molecule has 1 aromatic rings.